The van der Waals surface area contributed by atoms with Crippen molar-refractivity contribution in [3.8, 4) is 0 Å². The van der Waals surface area contributed by atoms with Crippen LogP contribution in [0.1, 0.15) is 24.0 Å². The van der Waals surface area contributed by atoms with Crippen molar-refractivity contribution in [2.24, 2.45) is 0 Å². The molecular weight excluding hydrogens is 248 g/mol. The van der Waals surface area contributed by atoms with Crippen LogP contribution in [0.15, 0.2) is 48.5 Å². The fourth-order valence-corrected chi connectivity index (χ4v) is 2.71. The Morgan fingerprint density at radius 1 is 1.05 bits per heavy atom. The van der Waals surface area contributed by atoms with Gasteiger partial charge in [0, 0.05) is 17.8 Å². The average Bonchev–Trinajstić information content (AvgIpc) is 2.60. The molecule has 0 unspecified atom stereocenters. The van der Waals surface area contributed by atoms with Crippen molar-refractivity contribution in [2.45, 2.75) is 25.8 Å². The van der Waals surface area contributed by atoms with Gasteiger partial charge >= 0.3 is 0 Å². The fraction of sp³-hybridized carbons (Fsp3) is 0.235. The Morgan fingerprint density at radius 2 is 1.85 bits per heavy atom. The first kappa shape index (κ1) is 12.7. The smallest absolute Gasteiger partial charge is 0.227 e. The predicted octanol–water partition coefficient (Wildman–Crippen LogP) is 3.14. The number of nitrogens with zero attached hydrogens (tertiary/aromatic N) is 1. The normalized spacial score (nSPS) is 14.8. The van der Waals surface area contributed by atoms with Gasteiger partial charge in [0.2, 0.25) is 5.91 Å². The van der Waals surface area contributed by atoms with Gasteiger partial charge in [-0.1, -0.05) is 30.3 Å². The van der Waals surface area contributed by atoms with E-state index in [1.54, 1.807) is 0 Å². The summed E-state index contributed by atoms with van der Waals surface area (Å²) in [6.07, 6.45) is 2.40. The third-order valence-corrected chi connectivity index (χ3v) is 3.72. The zero-order valence-corrected chi connectivity index (χ0v) is 11.4. The lowest BCUT2D eigenvalue weighted by molar-refractivity contribution is -0.118. The van der Waals surface area contributed by atoms with E-state index in [1.165, 1.54) is 5.56 Å². The molecule has 3 rings (SSSR count). The topological polar surface area (TPSA) is 46.3 Å². The second-order valence-electron chi connectivity index (χ2n) is 5.21. The number of amides is 1. The Balaban J connectivity index is 1.98. The van der Waals surface area contributed by atoms with Gasteiger partial charge in [-0.3, -0.25) is 4.79 Å². The first-order valence-electron chi connectivity index (χ1n) is 6.97. The van der Waals surface area contributed by atoms with E-state index in [1.807, 2.05) is 41.3 Å². The third-order valence-electron chi connectivity index (χ3n) is 3.72. The largest absolute Gasteiger partial charge is 0.399 e. The number of hydrogen-bond donors (Lipinski definition) is 1. The first-order valence-corrected chi connectivity index (χ1v) is 6.97. The monoisotopic (exact) mass is 266 g/mol. The SMILES string of the molecule is Nc1ccc2c(c1)CCCC(=O)N2Cc1ccccc1. The highest BCUT2D eigenvalue weighted by molar-refractivity contribution is 5.95. The molecule has 1 aliphatic heterocycles. The van der Waals surface area contributed by atoms with E-state index >= 15 is 0 Å². The van der Waals surface area contributed by atoms with Gasteiger partial charge in [0.15, 0.2) is 0 Å². The molecular formula is C17H18N2O. The summed E-state index contributed by atoms with van der Waals surface area (Å²) in [7, 11) is 0. The van der Waals surface area contributed by atoms with Crippen LogP contribution in [0.2, 0.25) is 0 Å². The molecule has 2 aromatic carbocycles. The number of anilines is 2. The average molecular weight is 266 g/mol. The zero-order valence-electron chi connectivity index (χ0n) is 11.4. The highest BCUT2D eigenvalue weighted by Crippen LogP contribution is 2.30. The summed E-state index contributed by atoms with van der Waals surface area (Å²) in [6.45, 7) is 0.622. The number of fused-ring (bicyclic) bond motifs is 1. The molecule has 1 amide bonds. The number of nitrogens with two attached hydrogens (primary N) is 1. The number of carbonyl (C=O) groups is 1. The van der Waals surface area contributed by atoms with E-state index in [4.69, 9.17) is 5.73 Å². The van der Waals surface area contributed by atoms with Gasteiger partial charge in [0.25, 0.3) is 0 Å². The number of nitrogen functional groups attached to an aromatic ring is 1. The number of carbonyl (C=O) groups excluding carboxylic acids is 1. The second-order valence-corrected chi connectivity index (χ2v) is 5.21. The predicted molar refractivity (Wildman–Crippen MR) is 81.4 cm³/mol. The summed E-state index contributed by atoms with van der Waals surface area (Å²) < 4.78 is 0. The van der Waals surface area contributed by atoms with Crippen LogP contribution >= 0.6 is 0 Å². The van der Waals surface area contributed by atoms with Crippen molar-refractivity contribution < 1.29 is 4.79 Å². The minimum atomic E-state index is 0.192. The highest BCUT2D eigenvalue weighted by Gasteiger charge is 2.22. The summed E-state index contributed by atoms with van der Waals surface area (Å²) in [4.78, 5) is 14.2. The van der Waals surface area contributed by atoms with E-state index in [9.17, 15) is 4.79 Å². The molecule has 2 aromatic rings. The molecule has 3 nitrogen and oxygen atoms in total. The van der Waals surface area contributed by atoms with Crippen molar-refractivity contribution in [1.82, 2.24) is 0 Å². The second kappa shape index (κ2) is 5.37. The van der Waals surface area contributed by atoms with Gasteiger partial charge in [-0.15, -0.1) is 0 Å². The van der Waals surface area contributed by atoms with Gasteiger partial charge in [0.1, 0.15) is 0 Å². The van der Waals surface area contributed by atoms with Gasteiger partial charge in [-0.05, 0) is 42.2 Å². The van der Waals surface area contributed by atoms with E-state index in [0.29, 0.717) is 13.0 Å². The van der Waals surface area contributed by atoms with Crippen LogP contribution in [0.3, 0.4) is 0 Å². The van der Waals surface area contributed by atoms with Crippen LogP contribution in [0.4, 0.5) is 11.4 Å². The molecule has 102 valence electrons. The quantitative estimate of drug-likeness (QED) is 0.849. The Labute approximate surface area is 119 Å². The van der Waals surface area contributed by atoms with E-state index in [2.05, 4.69) is 12.1 Å². The summed E-state index contributed by atoms with van der Waals surface area (Å²) in [5, 5.41) is 0. The fourth-order valence-electron chi connectivity index (χ4n) is 2.71. The molecule has 20 heavy (non-hydrogen) atoms. The lowest BCUT2D eigenvalue weighted by Gasteiger charge is -2.23. The number of benzene rings is 2. The Bertz CT molecular complexity index is 622. The van der Waals surface area contributed by atoms with Crippen molar-refractivity contribution >= 4 is 17.3 Å². The molecule has 3 heteroatoms. The Kier molecular flexibility index (Phi) is 3.42. The molecule has 0 aromatic heterocycles. The standard InChI is InChI=1S/C17H18N2O/c18-15-9-10-16-14(11-15)7-4-8-17(20)19(16)12-13-5-2-1-3-6-13/h1-3,5-6,9-11H,4,7-8,12,18H2. The van der Waals surface area contributed by atoms with Crippen molar-refractivity contribution in [2.75, 3.05) is 10.6 Å². The highest BCUT2D eigenvalue weighted by atomic mass is 16.2. The lowest BCUT2D eigenvalue weighted by Crippen LogP contribution is -2.29. The van der Waals surface area contributed by atoms with Gasteiger partial charge in [0.05, 0.1) is 6.54 Å². The maximum Gasteiger partial charge on any atom is 0.227 e. The van der Waals surface area contributed by atoms with Crippen molar-refractivity contribution in [3.05, 3.63) is 59.7 Å². The summed E-state index contributed by atoms with van der Waals surface area (Å²) in [5.74, 6) is 0.192. The maximum absolute atomic E-state index is 12.4. The number of aryl methyl sites for hydroxylation is 1. The molecule has 0 saturated carbocycles. The summed E-state index contributed by atoms with van der Waals surface area (Å²) in [5.41, 5.74) is 9.95. The molecule has 2 N–H and O–H groups in total. The van der Waals surface area contributed by atoms with Crippen LogP contribution in [0.5, 0.6) is 0 Å². The molecule has 0 saturated heterocycles. The molecule has 0 spiro atoms. The van der Waals surface area contributed by atoms with Crippen molar-refractivity contribution in [1.29, 1.82) is 0 Å². The lowest BCUT2D eigenvalue weighted by atomic mass is 10.1. The van der Waals surface area contributed by atoms with E-state index in [0.717, 1.165) is 29.8 Å². The molecule has 1 heterocycles. The Hall–Kier alpha value is -2.29. The van der Waals surface area contributed by atoms with Crippen LogP contribution in [0.25, 0.3) is 0 Å². The van der Waals surface area contributed by atoms with Crippen LogP contribution in [0, 0.1) is 0 Å². The van der Waals surface area contributed by atoms with Crippen LogP contribution in [-0.4, -0.2) is 5.91 Å². The maximum atomic E-state index is 12.4. The number of rotatable bonds is 2. The Morgan fingerprint density at radius 3 is 2.65 bits per heavy atom. The van der Waals surface area contributed by atoms with E-state index < -0.39 is 0 Å². The third kappa shape index (κ3) is 2.52. The minimum Gasteiger partial charge on any atom is -0.399 e. The zero-order chi connectivity index (χ0) is 13.9. The van der Waals surface area contributed by atoms with Crippen molar-refractivity contribution in [3.63, 3.8) is 0 Å². The number of hydrogen-bond acceptors (Lipinski definition) is 2. The summed E-state index contributed by atoms with van der Waals surface area (Å²) >= 11 is 0. The van der Waals surface area contributed by atoms with Gasteiger partial charge in [-0.25, -0.2) is 0 Å². The van der Waals surface area contributed by atoms with Crippen LogP contribution in [-0.2, 0) is 17.8 Å². The van der Waals surface area contributed by atoms with E-state index in [-0.39, 0.29) is 5.91 Å². The minimum absolute atomic E-state index is 0.192. The van der Waals surface area contributed by atoms with Gasteiger partial charge < -0.3 is 10.6 Å². The first-order chi connectivity index (χ1) is 9.74. The molecule has 1 aliphatic rings. The summed E-state index contributed by atoms with van der Waals surface area (Å²) in [6, 6.07) is 15.9. The van der Waals surface area contributed by atoms with Crippen LogP contribution < -0.4 is 10.6 Å². The van der Waals surface area contributed by atoms with Gasteiger partial charge in [-0.2, -0.15) is 0 Å². The molecule has 0 aliphatic carbocycles. The molecule has 0 radical (unpaired) electrons. The molecule has 0 fully saturated rings. The molecule has 0 bridgehead atoms. The molecule has 0 atom stereocenters.